The Hall–Kier alpha value is -3.44. The number of benzene rings is 1. The molecule has 0 aliphatic carbocycles. The van der Waals surface area contributed by atoms with Crippen molar-refractivity contribution in [2.75, 3.05) is 50.9 Å². The first-order valence-electron chi connectivity index (χ1n) is 13.0. The second-order valence-corrected chi connectivity index (χ2v) is 10.0. The number of aliphatic hydroxyl groups is 1. The fraction of sp³-hybridized carbons (Fsp3) is 0.538. The number of nitrogen functional groups attached to an aromatic ring is 1. The van der Waals surface area contributed by atoms with E-state index >= 15 is 0 Å². The third-order valence-corrected chi connectivity index (χ3v) is 7.49. The molecule has 1 aromatic carbocycles. The minimum Gasteiger partial charge on any atom is -0.496 e. The molecule has 37 heavy (non-hydrogen) atoms. The Balaban J connectivity index is 1.40. The molecule has 0 radical (unpaired) electrons. The maximum Gasteiger partial charge on any atom is 0.254 e. The monoisotopic (exact) mass is 508 g/mol. The van der Waals surface area contributed by atoms with Crippen molar-refractivity contribution in [2.45, 2.75) is 38.8 Å². The van der Waals surface area contributed by atoms with Crippen LogP contribution in [-0.2, 0) is 6.54 Å². The summed E-state index contributed by atoms with van der Waals surface area (Å²) in [5.74, 6) is 2.52. The van der Waals surface area contributed by atoms with E-state index < -0.39 is 0 Å². The van der Waals surface area contributed by atoms with E-state index in [9.17, 15) is 9.90 Å². The number of fused-ring (bicyclic) bond motifs is 2. The van der Waals surface area contributed by atoms with Crippen molar-refractivity contribution in [2.24, 2.45) is 11.8 Å². The standard InChI is InChI=1S/C26H36N8O3/c1-3-4-20(7-8-35)30-24-23-21(31-26(27)32-24)12-29-34(23)15-17-6-5-16(9-22(17)37-2)25(36)33-13-18-10-28-11-19(18)14-33/h5-6,9,12,18-20,28,35H,3-4,7-8,10-11,13-15H2,1-2H3,(H3,27,30,31,32)/t18-,19+,20-/m0/s1. The number of methoxy groups -OCH3 is 1. The Morgan fingerprint density at radius 3 is 2.76 bits per heavy atom. The van der Waals surface area contributed by atoms with E-state index in [1.165, 1.54) is 0 Å². The molecule has 0 saturated carbocycles. The van der Waals surface area contributed by atoms with Gasteiger partial charge in [0.25, 0.3) is 5.91 Å². The minimum atomic E-state index is 0.0463. The minimum absolute atomic E-state index is 0.0463. The molecule has 2 saturated heterocycles. The predicted octanol–water partition coefficient (Wildman–Crippen LogP) is 1.72. The number of ether oxygens (including phenoxy) is 1. The Bertz CT molecular complexity index is 1240. The molecule has 3 aromatic rings. The quantitative estimate of drug-likeness (QED) is 0.322. The summed E-state index contributed by atoms with van der Waals surface area (Å²) in [6.07, 6.45) is 4.13. The Morgan fingerprint density at radius 2 is 2.05 bits per heavy atom. The zero-order valence-electron chi connectivity index (χ0n) is 21.5. The third-order valence-electron chi connectivity index (χ3n) is 7.49. The lowest BCUT2D eigenvalue weighted by Crippen LogP contribution is -2.31. The lowest BCUT2D eigenvalue weighted by atomic mass is 10.0. The van der Waals surface area contributed by atoms with Gasteiger partial charge in [0.2, 0.25) is 5.95 Å². The van der Waals surface area contributed by atoms with E-state index in [2.05, 4.69) is 32.6 Å². The van der Waals surface area contributed by atoms with Crippen LogP contribution in [-0.4, -0.2) is 81.6 Å². The fourth-order valence-corrected chi connectivity index (χ4v) is 5.60. The number of likely N-dealkylation sites (tertiary alicyclic amines) is 1. The number of rotatable bonds is 10. The van der Waals surface area contributed by atoms with Gasteiger partial charge in [-0.1, -0.05) is 19.4 Å². The maximum absolute atomic E-state index is 13.2. The van der Waals surface area contributed by atoms with E-state index in [0.717, 1.165) is 50.1 Å². The van der Waals surface area contributed by atoms with Crippen molar-refractivity contribution in [1.82, 2.24) is 30.0 Å². The highest BCUT2D eigenvalue weighted by Crippen LogP contribution is 2.30. The Morgan fingerprint density at radius 1 is 1.27 bits per heavy atom. The van der Waals surface area contributed by atoms with Crippen LogP contribution in [0.5, 0.6) is 5.75 Å². The average molecular weight is 509 g/mol. The number of nitrogens with two attached hydrogens (primary N) is 1. The van der Waals surface area contributed by atoms with Crippen LogP contribution in [0.25, 0.3) is 11.0 Å². The lowest BCUT2D eigenvalue weighted by Gasteiger charge is -2.20. The SMILES string of the molecule is CCC[C@@H](CCO)Nc1nc(N)nc2cnn(Cc3ccc(C(=O)N4C[C@H]5CNC[C@H]5C4)cc3OC)c12. The number of aliphatic hydroxyl groups excluding tert-OH is 1. The number of amides is 1. The van der Waals surface area contributed by atoms with Gasteiger partial charge in [0.15, 0.2) is 5.82 Å². The second-order valence-electron chi connectivity index (χ2n) is 10.0. The number of anilines is 2. The van der Waals surface area contributed by atoms with Crippen LogP contribution in [0.2, 0.25) is 0 Å². The highest BCUT2D eigenvalue weighted by Gasteiger charge is 2.38. The van der Waals surface area contributed by atoms with Gasteiger partial charge in [-0.3, -0.25) is 9.48 Å². The van der Waals surface area contributed by atoms with Gasteiger partial charge in [0.05, 0.1) is 19.9 Å². The van der Waals surface area contributed by atoms with Gasteiger partial charge in [-0.25, -0.2) is 4.98 Å². The second kappa shape index (κ2) is 10.9. The molecule has 5 rings (SSSR count). The fourth-order valence-electron chi connectivity index (χ4n) is 5.60. The van der Waals surface area contributed by atoms with Crippen LogP contribution in [0.15, 0.2) is 24.4 Å². The molecular formula is C26H36N8O3. The molecule has 0 bridgehead atoms. The molecule has 11 nitrogen and oxygen atoms in total. The number of nitrogens with one attached hydrogen (secondary N) is 2. The van der Waals surface area contributed by atoms with Crippen LogP contribution < -0.4 is 21.1 Å². The van der Waals surface area contributed by atoms with Crippen LogP contribution in [0.4, 0.5) is 11.8 Å². The molecule has 2 aromatic heterocycles. The van der Waals surface area contributed by atoms with Gasteiger partial charge in [0, 0.05) is 50.0 Å². The first-order valence-corrected chi connectivity index (χ1v) is 13.0. The van der Waals surface area contributed by atoms with E-state index in [1.54, 1.807) is 13.3 Å². The molecule has 198 valence electrons. The first kappa shape index (κ1) is 25.2. The summed E-state index contributed by atoms with van der Waals surface area (Å²) in [7, 11) is 1.61. The third kappa shape index (κ3) is 5.19. The van der Waals surface area contributed by atoms with Gasteiger partial charge in [-0.15, -0.1) is 0 Å². The molecule has 0 unspecified atom stereocenters. The molecule has 0 spiro atoms. The molecule has 2 fully saturated rings. The molecule has 5 N–H and O–H groups in total. The van der Waals surface area contributed by atoms with E-state index in [1.807, 2.05) is 27.8 Å². The van der Waals surface area contributed by atoms with E-state index in [-0.39, 0.29) is 24.5 Å². The Kier molecular flexibility index (Phi) is 7.43. The van der Waals surface area contributed by atoms with Gasteiger partial charge in [-0.2, -0.15) is 10.1 Å². The lowest BCUT2D eigenvalue weighted by molar-refractivity contribution is 0.0781. The largest absolute Gasteiger partial charge is 0.496 e. The maximum atomic E-state index is 13.2. The number of carbonyl (C=O) groups is 1. The topological polar surface area (TPSA) is 143 Å². The smallest absolute Gasteiger partial charge is 0.254 e. The summed E-state index contributed by atoms with van der Waals surface area (Å²) in [4.78, 5) is 24.0. The molecule has 1 amide bonds. The van der Waals surface area contributed by atoms with Crippen molar-refractivity contribution in [3.05, 3.63) is 35.5 Å². The van der Waals surface area contributed by atoms with Crippen molar-refractivity contribution in [3.8, 4) is 5.75 Å². The highest BCUT2D eigenvalue weighted by atomic mass is 16.5. The van der Waals surface area contributed by atoms with E-state index in [4.69, 9.17) is 10.5 Å². The van der Waals surface area contributed by atoms with E-state index in [0.29, 0.717) is 47.4 Å². The van der Waals surface area contributed by atoms with Crippen molar-refractivity contribution in [3.63, 3.8) is 0 Å². The normalized spacial score (nSPS) is 19.8. The zero-order chi connectivity index (χ0) is 25.9. The molecule has 2 aliphatic heterocycles. The molecule has 11 heteroatoms. The number of hydrogen-bond acceptors (Lipinski definition) is 9. The highest BCUT2D eigenvalue weighted by molar-refractivity contribution is 5.95. The summed E-state index contributed by atoms with van der Waals surface area (Å²) in [5.41, 5.74) is 8.85. The first-order chi connectivity index (χ1) is 18.0. The average Bonchev–Trinajstić information content (AvgIpc) is 3.59. The summed E-state index contributed by atoms with van der Waals surface area (Å²) in [5, 5.41) is 20.9. The van der Waals surface area contributed by atoms with Crippen molar-refractivity contribution >= 4 is 28.7 Å². The van der Waals surface area contributed by atoms with Crippen molar-refractivity contribution in [1.29, 1.82) is 0 Å². The van der Waals surface area contributed by atoms with Crippen LogP contribution in [0.3, 0.4) is 0 Å². The zero-order valence-corrected chi connectivity index (χ0v) is 21.5. The summed E-state index contributed by atoms with van der Waals surface area (Å²) >= 11 is 0. The van der Waals surface area contributed by atoms with Gasteiger partial charge < -0.3 is 31.1 Å². The molecular weight excluding hydrogens is 472 g/mol. The van der Waals surface area contributed by atoms with Crippen LogP contribution in [0, 0.1) is 11.8 Å². The summed E-state index contributed by atoms with van der Waals surface area (Å²) < 4.78 is 7.51. The van der Waals surface area contributed by atoms with Gasteiger partial charge >= 0.3 is 0 Å². The van der Waals surface area contributed by atoms with Gasteiger partial charge in [-0.05, 0) is 36.8 Å². The number of aromatic nitrogens is 4. The van der Waals surface area contributed by atoms with Gasteiger partial charge in [0.1, 0.15) is 16.8 Å². The van der Waals surface area contributed by atoms with Crippen LogP contribution in [0.1, 0.15) is 42.1 Å². The number of nitrogens with zero attached hydrogens (tertiary/aromatic N) is 5. The predicted molar refractivity (Wildman–Crippen MR) is 142 cm³/mol. The van der Waals surface area contributed by atoms with Crippen molar-refractivity contribution < 1.29 is 14.6 Å². The summed E-state index contributed by atoms with van der Waals surface area (Å²) in [6.45, 7) is 6.16. The molecule has 2 aliphatic rings. The Labute approximate surface area is 216 Å². The molecule has 4 heterocycles. The molecule has 3 atom stereocenters. The van der Waals surface area contributed by atoms with Crippen LogP contribution >= 0.6 is 0 Å². The summed E-state index contributed by atoms with van der Waals surface area (Å²) in [6, 6.07) is 5.66. The number of carbonyl (C=O) groups excluding carboxylic acids is 1. The number of hydrogen-bond donors (Lipinski definition) is 4.